The highest BCUT2D eigenvalue weighted by molar-refractivity contribution is 5.50. The lowest BCUT2D eigenvalue weighted by Gasteiger charge is -2.25. The summed E-state index contributed by atoms with van der Waals surface area (Å²) in [6.45, 7) is 6.05. The number of fused-ring (bicyclic) bond motifs is 1. The van der Waals surface area contributed by atoms with Gasteiger partial charge in [0.05, 0.1) is 0 Å². The van der Waals surface area contributed by atoms with Crippen molar-refractivity contribution in [1.82, 2.24) is 4.90 Å². The molecule has 0 spiro atoms. The third kappa shape index (κ3) is 1.65. The molecule has 0 saturated carbocycles. The van der Waals surface area contributed by atoms with Crippen LogP contribution in [0.2, 0.25) is 0 Å². The molecule has 0 bridgehead atoms. The molecule has 1 aromatic carbocycles. The first kappa shape index (κ1) is 8.52. The molecule has 0 fully saturated rings. The second-order valence-corrected chi connectivity index (χ2v) is 3.72. The Morgan fingerprint density at radius 1 is 1.38 bits per heavy atom. The van der Waals surface area contributed by atoms with Gasteiger partial charge < -0.3 is 4.90 Å². The zero-order valence-electron chi connectivity index (χ0n) is 8.09. The van der Waals surface area contributed by atoms with Crippen LogP contribution in [0.25, 0.3) is 6.08 Å². The van der Waals surface area contributed by atoms with Gasteiger partial charge in [-0.15, -0.1) is 0 Å². The molecule has 1 heterocycles. The van der Waals surface area contributed by atoms with Crippen LogP contribution in [0.5, 0.6) is 0 Å². The maximum atomic E-state index is 3.78. The van der Waals surface area contributed by atoms with Gasteiger partial charge in [0.15, 0.2) is 0 Å². The summed E-state index contributed by atoms with van der Waals surface area (Å²) in [4.78, 5) is 2.36. The fraction of sp³-hybridized carbons (Fsp3) is 0.333. The molecule has 1 nitrogen and oxygen atoms in total. The lowest BCUT2D eigenvalue weighted by atomic mass is 9.98. The van der Waals surface area contributed by atoms with Gasteiger partial charge in [-0.2, -0.15) is 0 Å². The van der Waals surface area contributed by atoms with E-state index in [0.717, 1.165) is 6.54 Å². The summed E-state index contributed by atoms with van der Waals surface area (Å²) in [5.74, 6) is 0. The molecule has 68 valence electrons. The van der Waals surface area contributed by atoms with E-state index in [4.69, 9.17) is 0 Å². The van der Waals surface area contributed by atoms with Crippen molar-refractivity contribution < 1.29 is 0 Å². The normalized spacial score (nSPS) is 16.7. The van der Waals surface area contributed by atoms with E-state index in [-0.39, 0.29) is 0 Å². The monoisotopic (exact) mass is 173 g/mol. The lowest BCUT2D eigenvalue weighted by molar-refractivity contribution is 0.313. The van der Waals surface area contributed by atoms with Gasteiger partial charge in [-0.1, -0.05) is 30.9 Å². The van der Waals surface area contributed by atoms with Crippen molar-refractivity contribution in [3.05, 3.63) is 41.5 Å². The summed E-state index contributed by atoms with van der Waals surface area (Å²) in [5.41, 5.74) is 4.21. The average molecular weight is 173 g/mol. The molecule has 2 rings (SSSR count). The van der Waals surface area contributed by atoms with Gasteiger partial charge in [0.25, 0.3) is 0 Å². The van der Waals surface area contributed by atoms with Crippen LogP contribution in [0.3, 0.4) is 0 Å². The number of likely N-dealkylation sites (N-methyl/N-ethyl adjacent to an activating group) is 1. The van der Waals surface area contributed by atoms with Crippen LogP contribution in [0.4, 0.5) is 0 Å². The van der Waals surface area contributed by atoms with Crippen LogP contribution in [-0.4, -0.2) is 18.5 Å². The molecule has 1 aliphatic heterocycles. The first-order valence-electron chi connectivity index (χ1n) is 4.72. The van der Waals surface area contributed by atoms with Crippen molar-refractivity contribution in [2.75, 3.05) is 13.6 Å². The van der Waals surface area contributed by atoms with Crippen LogP contribution in [0.1, 0.15) is 16.7 Å². The van der Waals surface area contributed by atoms with Gasteiger partial charge in [0.1, 0.15) is 0 Å². The van der Waals surface area contributed by atoms with E-state index in [1.807, 2.05) is 6.08 Å². The zero-order chi connectivity index (χ0) is 9.26. The highest BCUT2D eigenvalue weighted by Gasteiger charge is 2.12. The van der Waals surface area contributed by atoms with Crippen LogP contribution >= 0.6 is 0 Å². The molecule has 1 heteroatoms. The molecule has 13 heavy (non-hydrogen) atoms. The van der Waals surface area contributed by atoms with Crippen molar-refractivity contribution in [3.8, 4) is 0 Å². The van der Waals surface area contributed by atoms with Crippen molar-refractivity contribution in [3.63, 3.8) is 0 Å². The van der Waals surface area contributed by atoms with Crippen LogP contribution in [0.15, 0.2) is 24.8 Å². The zero-order valence-corrected chi connectivity index (χ0v) is 8.09. The number of hydrogen-bond acceptors (Lipinski definition) is 1. The third-order valence-corrected chi connectivity index (χ3v) is 2.67. The molecular formula is C12H15N. The van der Waals surface area contributed by atoms with E-state index >= 15 is 0 Å². The minimum Gasteiger partial charge on any atom is -0.302 e. The Bertz CT molecular complexity index is 328. The Morgan fingerprint density at radius 2 is 2.23 bits per heavy atom. The van der Waals surface area contributed by atoms with Crippen molar-refractivity contribution >= 4 is 6.08 Å². The second kappa shape index (κ2) is 3.35. The van der Waals surface area contributed by atoms with E-state index in [0.29, 0.717) is 0 Å². The highest BCUT2D eigenvalue weighted by atomic mass is 15.1. The summed E-state index contributed by atoms with van der Waals surface area (Å²) in [5, 5.41) is 0. The fourth-order valence-corrected chi connectivity index (χ4v) is 1.84. The standard InChI is InChI=1S/C12H15N/c1-3-10-4-5-12-9-13(2)7-6-11(12)8-10/h3-5,8H,1,6-7,9H2,2H3. The second-order valence-electron chi connectivity index (χ2n) is 3.72. The first-order chi connectivity index (χ1) is 6.29. The van der Waals surface area contributed by atoms with Crippen LogP contribution in [0, 0.1) is 0 Å². The number of nitrogens with zero attached hydrogens (tertiary/aromatic N) is 1. The largest absolute Gasteiger partial charge is 0.302 e. The van der Waals surface area contributed by atoms with Gasteiger partial charge >= 0.3 is 0 Å². The van der Waals surface area contributed by atoms with E-state index in [2.05, 4.69) is 36.7 Å². The number of benzene rings is 1. The summed E-state index contributed by atoms with van der Waals surface area (Å²) >= 11 is 0. The highest BCUT2D eigenvalue weighted by Crippen LogP contribution is 2.19. The van der Waals surface area contributed by atoms with Crippen molar-refractivity contribution in [2.45, 2.75) is 13.0 Å². The summed E-state index contributed by atoms with van der Waals surface area (Å²) in [6, 6.07) is 6.63. The SMILES string of the molecule is C=Cc1ccc2c(c1)CCN(C)C2. The Hall–Kier alpha value is -1.08. The van der Waals surface area contributed by atoms with E-state index in [1.165, 1.54) is 29.7 Å². The molecule has 0 aromatic heterocycles. The molecule has 0 saturated heterocycles. The Kier molecular flexibility index (Phi) is 2.19. The number of rotatable bonds is 1. The minimum absolute atomic E-state index is 1.09. The minimum atomic E-state index is 1.09. The Morgan fingerprint density at radius 3 is 3.00 bits per heavy atom. The van der Waals surface area contributed by atoms with E-state index in [1.54, 1.807) is 0 Å². The Labute approximate surface area is 79.7 Å². The molecule has 0 aliphatic carbocycles. The molecular weight excluding hydrogens is 158 g/mol. The number of hydrogen-bond donors (Lipinski definition) is 0. The first-order valence-corrected chi connectivity index (χ1v) is 4.72. The summed E-state index contributed by atoms with van der Waals surface area (Å²) in [6.07, 6.45) is 3.09. The van der Waals surface area contributed by atoms with Crippen LogP contribution in [-0.2, 0) is 13.0 Å². The maximum Gasteiger partial charge on any atom is 0.0233 e. The van der Waals surface area contributed by atoms with Gasteiger partial charge in [-0.25, -0.2) is 0 Å². The Balaban J connectivity index is 2.36. The summed E-state index contributed by atoms with van der Waals surface area (Å²) < 4.78 is 0. The summed E-state index contributed by atoms with van der Waals surface area (Å²) in [7, 11) is 2.17. The molecule has 0 atom stereocenters. The quantitative estimate of drug-likeness (QED) is 0.630. The predicted octanol–water partition coefficient (Wildman–Crippen LogP) is 2.32. The van der Waals surface area contributed by atoms with E-state index in [9.17, 15) is 0 Å². The molecule has 0 unspecified atom stereocenters. The molecule has 0 N–H and O–H groups in total. The van der Waals surface area contributed by atoms with Gasteiger partial charge in [-0.05, 0) is 30.2 Å². The van der Waals surface area contributed by atoms with Crippen LogP contribution < -0.4 is 0 Å². The topological polar surface area (TPSA) is 3.24 Å². The smallest absolute Gasteiger partial charge is 0.0233 e. The third-order valence-electron chi connectivity index (χ3n) is 2.67. The van der Waals surface area contributed by atoms with Gasteiger partial charge in [-0.3, -0.25) is 0 Å². The molecule has 1 aromatic rings. The maximum absolute atomic E-state index is 3.78. The predicted molar refractivity (Wildman–Crippen MR) is 56.6 cm³/mol. The van der Waals surface area contributed by atoms with Gasteiger partial charge in [0.2, 0.25) is 0 Å². The molecule has 0 radical (unpaired) electrons. The fourth-order valence-electron chi connectivity index (χ4n) is 1.84. The van der Waals surface area contributed by atoms with Gasteiger partial charge in [0, 0.05) is 13.1 Å². The van der Waals surface area contributed by atoms with Crippen molar-refractivity contribution in [1.29, 1.82) is 0 Å². The van der Waals surface area contributed by atoms with E-state index < -0.39 is 0 Å². The van der Waals surface area contributed by atoms with Crippen molar-refractivity contribution in [2.24, 2.45) is 0 Å². The molecule has 0 amide bonds. The average Bonchev–Trinajstić information content (AvgIpc) is 2.17. The lowest BCUT2D eigenvalue weighted by Crippen LogP contribution is -2.26. The molecule has 1 aliphatic rings.